The number of aliphatic carboxylic acids is 1. The molecule has 1 aromatic carbocycles. The number of para-hydroxylation sites is 1. The first-order valence-electron chi connectivity index (χ1n) is 8.50. The molecule has 0 saturated carbocycles. The topological polar surface area (TPSA) is 83.6 Å². The van der Waals surface area contributed by atoms with Crippen molar-refractivity contribution in [2.45, 2.75) is 6.92 Å². The number of likely N-dealkylation sites (tertiary alicyclic amines) is 1. The summed E-state index contributed by atoms with van der Waals surface area (Å²) in [6, 6.07) is 12.7. The molecule has 132 valence electrons. The molecule has 0 unspecified atom stereocenters. The van der Waals surface area contributed by atoms with Crippen LogP contribution in [0.5, 0.6) is 0 Å². The van der Waals surface area contributed by atoms with Crippen molar-refractivity contribution >= 4 is 22.8 Å². The van der Waals surface area contributed by atoms with Crippen LogP contribution in [0.15, 0.2) is 53.1 Å². The fourth-order valence-electron chi connectivity index (χ4n) is 3.53. The molecule has 1 amide bonds. The van der Waals surface area contributed by atoms with Crippen LogP contribution < -0.4 is 0 Å². The number of hydrogen-bond donors (Lipinski definition) is 1. The van der Waals surface area contributed by atoms with Gasteiger partial charge in [-0.1, -0.05) is 25.1 Å². The summed E-state index contributed by atoms with van der Waals surface area (Å²) in [7, 11) is 0. The van der Waals surface area contributed by atoms with E-state index in [0.29, 0.717) is 29.1 Å². The number of carboxylic acid groups (broad SMARTS) is 1. The van der Waals surface area contributed by atoms with Gasteiger partial charge in [0.1, 0.15) is 5.69 Å². The predicted octanol–water partition coefficient (Wildman–Crippen LogP) is 3.29. The zero-order valence-corrected chi connectivity index (χ0v) is 14.3. The quantitative estimate of drug-likeness (QED) is 0.784. The van der Waals surface area contributed by atoms with Gasteiger partial charge in [-0.2, -0.15) is 0 Å². The second-order valence-electron chi connectivity index (χ2n) is 6.68. The Balaban J connectivity index is 1.78. The van der Waals surface area contributed by atoms with Gasteiger partial charge in [0.05, 0.1) is 23.3 Å². The molecule has 1 fully saturated rings. The molecule has 6 nitrogen and oxygen atoms in total. The smallest absolute Gasteiger partial charge is 0.308 e. The number of aromatic nitrogens is 1. The number of pyridine rings is 1. The van der Waals surface area contributed by atoms with Gasteiger partial charge >= 0.3 is 5.97 Å². The van der Waals surface area contributed by atoms with Crippen molar-refractivity contribution in [2.24, 2.45) is 11.8 Å². The Bertz CT molecular complexity index is 981. The van der Waals surface area contributed by atoms with Crippen molar-refractivity contribution in [3.05, 3.63) is 54.3 Å². The molecule has 2 aromatic heterocycles. The van der Waals surface area contributed by atoms with E-state index in [-0.39, 0.29) is 18.4 Å². The van der Waals surface area contributed by atoms with Gasteiger partial charge in [-0.3, -0.25) is 9.59 Å². The maximum atomic E-state index is 13.2. The standard InChI is InChI=1S/C20H18N2O4/c1-12-10-22(11-15(12)20(24)25)19(23)14-9-17(18-7-4-8-26-18)21-16-6-3-2-5-13(14)16/h2-9,12,15H,10-11H2,1H3,(H,24,25)/t12-,15-/m1/s1. The van der Waals surface area contributed by atoms with Gasteiger partial charge in [-0.25, -0.2) is 4.98 Å². The molecule has 4 rings (SSSR count). The second-order valence-corrected chi connectivity index (χ2v) is 6.68. The van der Waals surface area contributed by atoms with Gasteiger partial charge < -0.3 is 14.4 Å². The molecule has 3 aromatic rings. The van der Waals surface area contributed by atoms with E-state index in [1.807, 2.05) is 31.2 Å². The molecule has 1 N–H and O–H groups in total. The summed E-state index contributed by atoms with van der Waals surface area (Å²) in [6.07, 6.45) is 1.56. The highest BCUT2D eigenvalue weighted by Crippen LogP contribution is 2.29. The summed E-state index contributed by atoms with van der Waals surface area (Å²) < 4.78 is 5.43. The van der Waals surface area contributed by atoms with Crippen LogP contribution in [-0.2, 0) is 4.79 Å². The Hall–Kier alpha value is -3.15. The Morgan fingerprint density at radius 3 is 2.69 bits per heavy atom. The van der Waals surface area contributed by atoms with Gasteiger partial charge in [0.2, 0.25) is 0 Å². The number of carboxylic acids is 1. The van der Waals surface area contributed by atoms with Crippen molar-refractivity contribution in [3.63, 3.8) is 0 Å². The number of furan rings is 1. The number of carbonyl (C=O) groups excluding carboxylic acids is 1. The largest absolute Gasteiger partial charge is 0.481 e. The predicted molar refractivity (Wildman–Crippen MR) is 95.6 cm³/mol. The maximum Gasteiger partial charge on any atom is 0.308 e. The fraction of sp³-hybridized carbons (Fsp3) is 0.250. The van der Waals surface area contributed by atoms with Crippen molar-refractivity contribution in [2.75, 3.05) is 13.1 Å². The highest BCUT2D eigenvalue weighted by molar-refractivity contribution is 6.07. The number of nitrogens with zero attached hydrogens (tertiary/aromatic N) is 2. The molecule has 0 bridgehead atoms. The lowest BCUT2D eigenvalue weighted by Crippen LogP contribution is -2.30. The van der Waals surface area contributed by atoms with E-state index >= 15 is 0 Å². The van der Waals surface area contributed by atoms with Crippen LogP contribution >= 0.6 is 0 Å². The van der Waals surface area contributed by atoms with Crippen LogP contribution in [0.2, 0.25) is 0 Å². The molecule has 0 radical (unpaired) electrons. The molecular weight excluding hydrogens is 332 g/mol. The normalized spacial score (nSPS) is 19.8. The van der Waals surface area contributed by atoms with Crippen molar-refractivity contribution < 1.29 is 19.1 Å². The molecule has 2 atom stereocenters. The van der Waals surface area contributed by atoms with Gasteiger partial charge in [-0.15, -0.1) is 0 Å². The first kappa shape index (κ1) is 16.3. The lowest BCUT2D eigenvalue weighted by atomic mass is 9.99. The van der Waals surface area contributed by atoms with Gasteiger partial charge in [0, 0.05) is 18.5 Å². The Kier molecular flexibility index (Phi) is 3.95. The molecular formula is C20H18N2O4. The Morgan fingerprint density at radius 2 is 2.00 bits per heavy atom. The van der Waals surface area contributed by atoms with E-state index in [1.165, 1.54) is 0 Å². The third-order valence-electron chi connectivity index (χ3n) is 4.94. The number of hydrogen-bond acceptors (Lipinski definition) is 4. The van der Waals surface area contributed by atoms with Crippen LogP contribution in [0.4, 0.5) is 0 Å². The molecule has 1 aliphatic rings. The Morgan fingerprint density at radius 1 is 1.19 bits per heavy atom. The maximum absolute atomic E-state index is 13.2. The minimum Gasteiger partial charge on any atom is -0.481 e. The summed E-state index contributed by atoms with van der Waals surface area (Å²) >= 11 is 0. The third kappa shape index (κ3) is 2.73. The minimum absolute atomic E-state index is 0.0749. The van der Waals surface area contributed by atoms with E-state index < -0.39 is 11.9 Å². The van der Waals surface area contributed by atoms with E-state index in [1.54, 1.807) is 29.4 Å². The SMILES string of the molecule is C[C@@H]1CN(C(=O)c2cc(-c3ccco3)nc3ccccc23)C[C@H]1C(=O)O. The van der Waals surface area contributed by atoms with Gasteiger partial charge in [0.25, 0.3) is 5.91 Å². The number of carbonyl (C=O) groups is 2. The molecule has 0 spiro atoms. The average Bonchev–Trinajstić information content (AvgIpc) is 3.30. The van der Waals surface area contributed by atoms with E-state index in [9.17, 15) is 14.7 Å². The molecule has 26 heavy (non-hydrogen) atoms. The molecule has 6 heteroatoms. The van der Waals surface area contributed by atoms with Gasteiger partial charge in [0.15, 0.2) is 5.76 Å². The minimum atomic E-state index is -0.858. The number of benzene rings is 1. The Labute approximate surface area is 150 Å². The lowest BCUT2D eigenvalue weighted by Gasteiger charge is -2.17. The summed E-state index contributed by atoms with van der Waals surface area (Å²) in [5.74, 6) is -1.05. The lowest BCUT2D eigenvalue weighted by molar-refractivity contribution is -0.142. The van der Waals surface area contributed by atoms with Crippen LogP contribution in [0.25, 0.3) is 22.4 Å². The summed E-state index contributed by atoms with van der Waals surface area (Å²) in [5, 5.41) is 10.1. The van der Waals surface area contributed by atoms with Gasteiger partial charge in [-0.05, 0) is 30.2 Å². The fourth-order valence-corrected chi connectivity index (χ4v) is 3.53. The summed E-state index contributed by atoms with van der Waals surface area (Å²) in [4.78, 5) is 30.8. The summed E-state index contributed by atoms with van der Waals surface area (Å²) in [5.41, 5.74) is 1.80. The number of fused-ring (bicyclic) bond motifs is 1. The van der Waals surface area contributed by atoms with Crippen molar-refractivity contribution in [3.8, 4) is 11.5 Å². The summed E-state index contributed by atoms with van der Waals surface area (Å²) in [6.45, 7) is 2.52. The second kappa shape index (κ2) is 6.29. The first-order chi connectivity index (χ1) is 12.5. The van der Waals surface area contributed by atoms with E-state index in [0.717, 1.165) is 5.39 Å². The zero-order valence-electron chi connectivity index (χ0n) is 14.3. The zero-order chi connectivity index (χ0) is 18.3. The molecule has 0 aliphatic carbocycles. The van der Waals surface area contributed by atoms with Crippen molar-refractivity contribution in [1.82, 2.24) is 9.88 Å². The van der Waals surface area contributed by atoms with E-state index in [4.69, 9.17) is 4.42 Å². The first-order valence-corrected chi connectivity index (χ1v) is 8.50. The van der Waals surface area contributed by atoms with Crippen LogP contribution in [0, 0.1) is 11.8 Å². The molecule has 1 aliphatic heterocycles. The van der Waals surface area contributed by atoms with Crippen LogP contribution in [-0.4, -0.2) is 40.0 Å². The van der Waals surface area contributed by atoms with Crippen LogP contribution in [0.3, 0.4) is 0 Å². The van der Waals surface area contributed by atoms with Crippen LogP contribution in [0.1, 0.15) is 17.3 Å². The molecule has 3 heterocycles. The number of amides is 1. The highest BCUT2D eigenvalue weighted by atomic mass is 16.4. The molecule has 1 saturated heterocycles. The monoisotopic (exact) mass is 350 g/mol. The van der Waals surface area contributed by atoms with E-state index in [2.05, 4.69) is 4.98 Å². The average molecular weight is 350 g/mol. The number of rotatable bonds is 3. The highest BCUT2D eigenvalue weighted by Gasteiger charge is 2.37. The third-order valence-corrected chi connectivity index (χ3v) is 4.94. The van der Waals surface area contributed by atoms with Crippen molar-refractivity contribution in [1.29, 1.82) is 0 Å².